The fourth-order valence-corrected chi connectivity index (χ4v) is 5.40. The number of aromatic nitrogens is 4. The molecule has 1 aliphatic heterocycles. The predicted molar refractivity (Wildman–Crippen MR) is 146 cm³/mol. The van der Waals surface area contributed by atoms with Gasteiger partial charge < -0.3 is 19.6 Å². The van der Waals surface area contributed by atoms with Gasteiger partial charge in [0.1, 0.15) is 36.1 Å². The second-order valence-electron chi connectivity index (χ2n) is 9.79. The minimum absolute atomic E-state index is 0.0799. The van der Waals surface area contributed by atoms with Crippen molar-refractivity contribution in [1.29, 1.82) is 0 Å². The number of hydrogen-bond donors (Lipinski definition) is 2. The highest BCUT2D eigenvalue weighted by Gasteiger charge is 2.35. The maximum absolute atomic E-state index is 13.4. The summed E-state index contributed by atoms with van der Waals surface area (Å²) in [7, 11) is 0. The third-order valence-corrected chi connectivity index (χ3v) is 7.36. The molecular weight excluding hydrogens is 537 g/mol. The fraction of sp³-hybridized carbons (Fsp3) is 0.276. The Labute approximate surface area is 234 Å². The van der Waals surface area contributed by atoms with Crippen molar-refractivity contribution in [1.82, 2.24) is 24.9 Å². The molecule has 2 aromatic heterocycles. The fourth-order valence-electron chi connectivity index (χ4n) is 5.19. The van der Waals surface area contributed by atoms with Crippen LogP contribution in [0.3, 0.4) is 0 Å². The molecule has 1 amide bonds. The summed E-state index contributed by atoms with van der Waals surface area (Å²) < 4.78 is 26.3. The Balaban J connectivity index is 1.27. The SMILES string of the molecule is O=C(Oc1ccc(F)cc1)N1CCc2c([nH]c3c2=CC(Cl)CC=3)C1c1ccc(OCC(O)Cn2ccnn2)cc1. The predicted octanol–water partition coefficient (Wildman–Crippen LogP) is 2.90. The van der Waals surface area contributed by atoms with Crippen molar-refractivity contribution in [2.45, 2.75) is 36.9 Å². The molecule has 2 aromatic carbocycles. The molecule has 0 fully saturated rings. The van der Waals surface area contributed by atoms with Crippen molar-refractivity contribution in [3.63, 3.8) is 0 Å². The number of carbonyl (C=O) groups excluding carboxylic acids is 1. The van der Waals surface area contributed by atoms with Gasteiger partial charge >= 0.3 is 6.09 Å². The van der Waals surface area contributed by atoms with Crippen LogP contribution >= 0.6 is 11.6 Å². The molecule has 3 unspecified atom stereocenters. The van der Waals surface area contributed by atoms with Crippen molar-refractivity contribution >= 4 is 29.8 Å². The molecule has 0 bridgehead atoms. The molecule has 1 aliphatic carbocycles. The van der Waals surface area contributed by atoms with E-state index in [1.165, 1.54) is 28.9 Å². The van der Waals surface area contributed by atoms with Crippen molar-refractivity contribution in [2.24, 2.45) is 0 Å². The highest BCUT2D eigenvalue weighted by Crippen LogP contribution is 2.34. The largest absolute Gasteiger partial charge is 0.491 e. The van der Waals surface area contributed by atoms with Crippen molar-refractivity contribution in [3.05, 3.63) is 94.1 Å². The van der Waals surface area contributed by atoms with Gasteiger partial charge in [0, 0.05) is 29.0 Å². The number of carbonyl (C=O) groups is 1. The van der Waals surface area contributed by atoms with Gasteiger partial charge in [-0.25, -0.2) is 13.9 Å². The Morgan fingerprint density at radius 3 is 2.70 bits per heavy atom. The number of aromatic amines is 1. The molecule has 2 aliphatic rings. The number of hydrogen-bond acceptors (Lipinski definition) is 6. The minimum atomic E-state index is -0.762. The summed E-state index contributed by atoms with van der Waals surface area (Å²) in [5, 5.41) is 19.9. The molecule has 9 nitrogen and oxygen atoms in total. The molecule has 40 heavy (non-hydrogen) atoms. The van der Waals surface area contributed by atoms with E-state index in [-0.39, 0.29) is 24.3 Å². The third-order valence-electron chi connectivity index (χ3n) is 7.05. The van der Waals surface area contributed by atoms with Gasteiger partial charge in [-0.05, 0) is 60.4 Å². The number of aliphatic hydroxyl groups is 1. The van der Waals surface area contributed by atoms with Gasteiger partial charge in [-0.15, -0.1) is 16.7 Å². The molecule has 6 rings (SSSR count). The average molecular weight is 564 g/mol. The molecule has 0 saturated carbocycles. The monoisotopic (exact) mass is 563 g/mol. The molecule has 4 aromatic rings. The maximum atomic E-state index is 13.4. The zero-order chi connectivity index (χ0) is 27.6. The lowest BCUT2D eigenvalue weighted by Crippen LogP contribution is -2.43. The summed E-state index contributed by atoms with van der Waals surface area (Å²) in [4.78, 5) is 18.6. The summed E-state index contributed by atoms with van der Waals surface area (Å²) in [6.45, 7) is 0.774. The second kappa shape index (κ2) is 11.1. The maximum Gasteiger partial charge on any atom is 0.416 e. The van der Waals surface area contributed by atoms with Crippen molar-refractivity contribution in [2.75, 3.05) is 13.2 Å². The molecule has 3 atom stereocenters. The number of rotatable bonds is 7. The first-order chi connectivity index (χ1) is 19.4. The number of nitrogens with zero attached hydrogens (tertiary/aromatic N) is 4. The number of alkyl halides is 1. The van der Waals surface area contributed by atoms with Crippen LogP contribution in [0.2, 0.25) is 0 Å². The highest BCUT2D eigenvalue weighted by molar-refractivity contribution is 6.24. The number of benzene rings is 2. The summed E-state index contributed by atoms with van der Waals surface area (Å²) in [5.74, 6) is 0.437. The van der Waals surface area contributed by atoms with Crippen LogP contribution in [0.1, 0.15) is 29.3 Å². The Kier molecular flexibility index (Phi) is 7.27. The van der Waals surface area contributed by atoms with E-state index in [1.807, 2.05) is 24.3 Å². The molecule has 3 heterocycles. The number of amides is 1. The number of H-pyrrole nitrogens is 1. The van der Waals surface area contributed by atoms with Crippen LogP contribution in [-0.4, -0.2) is 60.7 Å². The van der Waals surface area contributed by atoms with E-state index in [4.69, 9.17) is 21.1 Å². The lowest BCUT2D eigenvalue weighted by Gasteiger charge is -2.35. The second-order valence-corrected chi connectivity index (χ2v) is 10.4. The normalized spacial score (nSPS) is 18.6. The zero-order valence-corrected chi connectivity index (χ0v) is 22.2. The highest BCUT2D eigenvalue weighted by atomic mass is 35.5. The first-order valence-corrected chi connectivity index (χ1v) is 13.4. The number of aliphatic hydroxyl groups excluding tert-OH is 1. The van der Waals surface area contributed by atoms with E-state index in [0.29, 0.717) is 18.7 Å². The molecule has 0 saturated heterocycles. The average Bonchev–Trinajstić information content (AvgIpc) is 3.60. The number of fused-ring (bicyclic) bond motifs is 3. The number of nitrogens with one attached hydrogen (secondary N) is 1. The number of ether oxygens (including phenoxy) is 2. The Bertz CT molecular complexity index is 1610. The lowest BCUT2D eigenvalue weighted by molar-refractivity contribution is 0.0888. The van der Waals surface area contributed by atoms with E-state index in [9.17, 15) is 14.3 Å². The quantitative estimate of drug-likeness (QED) is 0.335. The first kappa shape index (κ1) is 26.1. The van der Waals surface area contributed by atoms with Gasteiger partial charge in [0.25, 0.3) is 0 Å². The van der Waals surface area contributed by atoms with Crippen molar-refractivity contribution < 1.29 is 23.8 Å². The minimum Gasteiger partial charge on any atom is -0.491 e. The third kappa shape index (κ3) is 5.45. The van der Waals surface area contributed by atoms with Crippen LogP contribution < -0.4 is 20.0 Å². The van der Waals surface area contributed by atoms with Crippen LogP contribution in [0.25, 0.3) is 12.2 Å². The van der Waals surface area contributed by atoms with Crippen LogP contribution in [0.15, 0.2) is 60.9 Å². The molecule has 0 spiro atoms. The summed E-state index contributed by atoms with van der Waals surface area (Å²) in [6.07, 6.45) is 7.44. The van der Waals surface area contributed by atoms with E-state index in [2.05, 4.69) is 27.4 Å². The summed E-state index contributed by atoms with van der Waals surface area (Å²) >= 11 is 6.43. The Morgan fingerprint density at radius 1 is 1.18 bits per heavy atom. The van der Waals surface area contributed by atoms with Crippen LogP contribution in [0, 0.1) is 5.82 Å². The van der Waals surface area contributed by atoms with Gasteiger partial charge in [-0.1, -0.05) is 29.5 Å². The molecule has 0 radical (unpaired) electrons. The molecule has 2 N–H and O–H groups in total. The van der Waals surface area contributed by atoms with Gasteiger partial charge in [0.2, 0.25) is 0 Å². The molecular formula is C29H27ClFN5O4. The van der Waals surface area contributed by atoms with Gasteiger partial charge in [-0.2, -0.15) is 0 Å². The lowest BCUT2D eigenvalue weighted by atomic mass is 9.92. The molecule has 11 heteroatoms. The topological polar surface area (TPSA) is 106 Å². The van der Waals surface area contributed by atoms with Gasteiger partial charge in [-0.3, -0.25) is 4.90 Å². The van der Waals surface area contributed by atoms with E-state index in [0.717, 1.165) is 33.8 Å². The summed E-state index contributed by atoms with van der Waals surface area (Å²) in [6, 6.07) is 12.3. The van der Waals surface area contributed by atoms with E-state index < -0.39 is 24.1 Å². The smallest absolute Gasteiger partial charge is 0.416 e. The molecule has 206 valence electrons. The first-order valence-electron chi connectivity index (χ1n) is 13.0. The zero-order valence-electron chi connectivity index (χ0n) is 21.4. The van der Waals surface area contributed by atoms with Gasteiger partial charge in [0.15, 0.2) is 0 Å². The van der Waals surface area contributed by atoms with Crippen LogP contribution in [0.4, 0.5) is 9.18 Å². The Hall–Kier alpha value is -4.15. The van der Waals surface area contributed by atoms with Crippen molar-refractivity contribution in [3.8, 4) is 11.5 Å². The van der Waals surface area contributed by atoms with E-state index >= 15 is 0 Å². The van der Waals surface area contributed by atoms with Crippen LogP contribution in [-0.2, 0) is 13.0 Å². The summed E-state index contributed by atoms with van der Waals surface area (Å²) in [5.41, 5.74) is 2.89. The van der Waals surface area contributed by atoms with E-state index in [1.54, 1.807) is 17.3 Å². The van der Waals surface area contributed by atoms with Gasteiger partial charge in [0.05, 0.1) is 18.1 Å². The Morgan fingerprint density at radius 2 is 1.95 bits per heavy atom. The van der Waals surface area contributed by atoms with Crippen LogP contribution in [0.5, 0.6) is 11.5 Å². The number of halogens is 2. The standard InChI is InChI=1S/C29H27ClFN5O4/c30-19-3-10-26-25(15-19)24-11-13-36(29(38)40-23-8-4-20(31)5-9-23)28(27(24)33-26)18-1-6-22(7-2-18)39-17-21(37)16-35-14-12-32-34-35/h1-2,4-10,12,14-15,19,21,28,33,37H,3,11,13,16-17H2.